The van der Waals surface area contributed by atoms with E-state index in [1.165, 1.54) is 28.2 Å². The predicted molar refractivity (Wildman–Crippen MR) is 99.0 cm³/mol. The van der Waals surface area contributed by atoms with Gasteiger partial charge >= 0.3 is 0 Å². The molecule has 6 nitrogen and oxygen atoms in total. The molecule has 0 spiro atoms. The molecular formula is C20H23N3O3. The normalized spacial score (nSPS) is 14.7. The number of carbonyl (C=O) groups is 2. The fraction of sp³-hybridized carbons (Fsp3) is 0.350. The molecule has 1 aromatic heterocycles. The van der Waals surface area contributed by atoms with Crippen molar-refractivity contribution < 1.29 is 9.59 Å². The molecule has 0 radical (unpaired) electrons. The zero-order valence-corrected chi connectivity index (χ0v) is 15.3. The number of carbonyl (C=O) groups excluding carboxylic acids is 2. The van der Waals surface area contributed by atoms with Crippen molar-refractivity contribution in [3.63, 3.8) is 0 Å². The van der Waals surface area contributed by atoms with Gasteiger partial charge in [-0.1, -0.05) is 29.3 Å². The summed E-state index contributed by atoms with van der Waals surface area (Å²) < 4.78 is 0. The lowest BCUT2D eigenvalue weighted by molar-refractivity contribution is -0.135. The molecule has 2 aromatic rings. The van der Waals surface area contributed by atoms with Crippen molar-refractivity contribution in [1.29, 1.82) is 0 Å². The molecule has 1 fully saturated rings. The maximum absolute atomic E-state index is 12.6. The molecule has 136 valence electrons. The van der Waals surface area contributed by atoms with Gasteiger partial charge in [0, 0.05) is 37.5 Å². The molecule has 6 heteroatoms. The van der Waals surface area contributed by atoms with Gasteiger partial charge in [-0.15, -0.1) is 0 Å². The van der Waals surface area contributed by atoms with Gasteiger partial charge in [-0.25, -0.2) is 0 Å². The van der Waals surface area contributed by atoms with E-state index in [4.69, 9.17) is 0 Å². The van der Waals surface area contributed by atoms with E-state index in [9.17, 15) is 14.4 Å². The average molecular weight is 353 g/mol. The van der Waals surface area contributed by atoms with Crippen molar-refractivity contribution in [3.05, 3.63) is 68.6 Å². The minimum atomic E-state index is -0.315. The third kappa shape index (κ3) is 4.02. The summed E-state index contributed by atoms with van der Waals surface area (Å²) >= 11 is 0. The van der Waals surface area contributed by atoms with Gasteiger partial charge in [0.05, 0.1) is 0 Å². The van der Waals surface area contributed by atoms with Crippen LogP contribution in [-0.2, 0) is 11.3 Å². The predicted octanol–water partition coefficient (Wildman–Crippen LogP) is 1.78. The first-order valence-electron chi connectivity index (χ1n) is 8.67. The lowest BCUT2D eigenvalue weighted by atomic mass is 10.1. The summed E-state index contributed by atoms with van der Waals surface area (Å²) in [5, 5.41) is 0. The van der Waals surface area contributed by atoms with Crippen molar-refractivity contribution in [3.8, 4) is 0 Å². The molecule has 0 unspecified atom stereocenters. The lowest BCUT2D eigenvalue weighted by Gasteiger charge is -2.34. The van der Waals surface area contributed by atoms with Crippen LogP contribution in [0.15, 0.2) is 35.1 Å². The molecule has 3 rings (SSSR count). The van der Waals surface area contributed by atoms with E-state index in [1.54, 1.807) is 11.8 Å². The van der Waals surface area contributed by atoms with Crippen LogP contribution in [0.1, 0.15) is 32.9 Å². The van der Waals surface area contributed by atoms with Crippen molar-refractivity contribution in [2.24, 2.45) is 0 Å². The molecule has 1 aromatic carbocycles. The molecule has 2 amide bonds. The van der Waals surface area contributed by atoms with Crippen LogP contribution in [0.3, 0.4) is 0 Å². The third-order valence-electron chi connectivity index (χ3n) is 4.47. The summed E-state index contributed by atoms with van der Waals surface area (Å²) in [6, 6.07) is 8.97. The van der Waals surface area contributed by atoms with E-state index >= 15 is 0 Å². The number of pyridine rings is 1. The Bertz CT molecular complexity index is 897. The van der Waals surface area contributed by atoms with E-state index in [2.05, 4.69) is 23.2 Å². The van der Waals surface area contributed by atoms with Gasteiger partial charge < -0.3 is 14.8 Å². The summed E-state index contributed by atoms with van der Waals surface area (Å²) in [4.78, 5) is 42.9. The van der Waals surface area contributed by atoms with Gasteiger partial charge in [0.1, 0.15) is 12.2 Å². The summed E-state index contributed by atoms with van der Waals surface area (Å²) in [7, 11) is 0. The number of aryl methyl sites for hydroxylation is 3. The second-order valence-electron chi connectivity index (χ2n) is 6.95. The van der Waals surface area contributed by atoms with Gasteiger partial charge in [0.25, 0.3) is 5.91 Å². The Hall–Kier alpha value is -2.89. The fourth-order valence-corrected chi connectivity index (χ4v) is 3.40. The van der Waals surface area contributed by atoms with E-state index in [1.807, 2.05) is 13.8 Å². The molecule has 26 heavy (non-hydrogen) atoms. The van der Waals surface area contributed by atoms with Crippen LogP contribution in [0.4, 0.5) is 0 Å². The first kappa shape index (κ1) is 17.9. The number of hydrogen-bond donors (Lipinski definition) is 1. The highest BCUT2D eigenvalue weighted by Crippen LogP contribution is 2.14. The average Bonchev–Trinajstić information content (AvgIpc) is 2.54. The Labute approximate surface area is 152 Å². The van der Waals surface area contributed by atoms with E-state index < -0.39 is 0 Å². The molecule has 2 heterocycles. The molecule has 0 atom stereocenters. The number of aromatic nitrogens is 1. The molecule has 1 aliphatic heterocycles. The molecule has 1 aliphatic rings. The molecule has 0 aliphatic carbocycles. The number of piperazine rings is 1. The van der Waals surface area contributed by atoms with Crippen LogP contribution >= 0.6 is 0 Å². The third-order valence-corrected chi connectivity index (χ3v) is 4.47. The van der Waals surface area contributed by atoms with Crippen LogP contribution in [-0.4, -0.2) is 46.2 Å². The highest BCUT2D eigenvalue weighted by atomic mass is 16.2. The van der Waals surface area contributed by atoms with Gasteiger partial charge in [-0.05, 0) is 26.3 Å². The highest BCUT2D eigenvalue weighted by molar-refractivity contribution is 5.95. The molecular weight excluding hydrogens is 330 g/mol. The van der Waals surface area contributed by atoms with E-state index in [0.29, 0.717) is 25.3 Å². The van der Waals surface area contributed by atoms with Gasteiger partial charge in [0.15, 0.2) is 5.43 Å². The van der Waals surface area contributed by atoms with E-state index in [0.717, 1.165) is 5.56 Å². The number of hydrogen-bond acceptors (Lipinski definition) is 3. The first-order chi connectivity index (χ1) is 12.3. The quantitative estimate of drug-likeness (QED) is 0.914. The largest absolute Gasteiger partial charge is 0.354 e. The van der Waals surface area contributed by atoms with Crippen LogP contribution in [0.25, 0.3) is 0 Å². The minimum Gasteiger partial charge on any atom is -0.354 e. The number of nitrogens with zero attached hydrogens (tertiary/aromatic N) is 2. The maximum Gasteiger partial charge on any atom is 0.270 e. The van der Waals surface area contributed by atoms with Gasteiger partial charge in [-0.3, -0.25) is 14.4 Å². The SMILES string of the molecule is Cc1cc(C)cc(CN2CCN(C(=O)c3cc(=O)cc(C)[nH]3)CC2=O)c1. The van der Waals surface area contributed by atoms with Crippen molar-refractivity contribution in [2.45, 2.75) is 27.3 Å². The summed E-state index contributed by atoms with van der Waals surface area (Å²) in [5.74, 6) is -0.399. The Morgan fingerprint density at radius 1 is 1.00 bits per heavy atom. The minimum absolute atomic E-state index is 0.0274. The van der Waals surface area contributed by atoms with Crippen LogP contribution in [0.2, 0.25) is 0 Å². The number of benzene rings is 1. The molecule has 0 bridgehead atoms. The summed E-state index contributed by atoms with van der Waals surface area (Å²) in [6.07, 6.45) is 0. The van der Waals surface area contributed by atoms with Gasteiger partial charge in [0.2, 0.25) is 5.91 Å². The van der Waals surface area contributed by atoms with E-state index in [-0.39, 0.29) is 29.5 Å². The topological polar surface area (TPSA) is 73.5 Å². The van der Waals surface area contributed by atoms with Crippen molar-refractivity contribution in [2.75, 3.05) is 19.6 Å². The Kier molecular flexibility index (Phi) is 4.93. The maximum atomic E-state index is 12.6. The standard InChI is InChI=1S/C20H23N3O3/c1-13-6-14(2)8-16(7-13)11-22-4-5-23(12-19(22)25)20(26)18-10-17(24)9-15(3)21-18/h6-10H,4-5,11-12H2,1-3H3,(H,21,24). The number of H-pyrrole nitrogens is 1. The zero-order chi connectivity index (χ0) is 18.8. The number of nitrogens with one attached hydrogen (secondary N) is 1. The summed E-state index contributed by atoms with van der Waals surface area (Å²) in [6.45, 7) is 7.31. The number of aromatic amines is 1. The Morgan fingerprint density at radius 3 is 2.31 bits per heavy atom. The lowest BCUT2D eigenvalue weighted by Crippen LogP contribution is -2.52. The second kappa shape index (κ2) is 7.15. The van der Waals surface area contributed by atoms with Crippen LogP contribution < -0.4 is 5.43 Å². The zero-order valence-electron chi connectivity index (χ0n) is 15.3. The van der Waals surface area contributed by atoms with Gasteiger partial charge in [-0.2, -0.15) is 0 Å². The van der Waals surface area contributed by atoms with Crippen molar-refractivity contribution >= 4 is 11.8 Å². The Morgan fingerprint density at radius 2 is 1.69 bits per heavy atom. The highest BCUT2D eigenvalue weighted by Gasteiger charge is 2.28. The first-order valence-corrected chi connectivity index (χ1v) is 8.67. The monoisotopic (exact) mass is 353 g/mol. The molecule has 1 N–H and O–H groups in total. The molecule has 1 saturated heterocycles. The smallest absolute Gasteiger partial charge is 0.270 e. The Balaban J connectivity index is 1.69. The fourth-order valence-electron chi connectivity index (χ4n) is 3.40. The van der Waals surface area contributed by atoms with Crippen LogP contribution in [0.5, 0.6) is 0 Å². The van der Waals surface area contributed by atoms with Crippen LogP contribution in [0, 0.1) is 20.8 Å². The van der Waals surface area contributed by atoms with Crippen molar-refractivity contribution in [1.82, 2.24) is 14.8 Å². The number of rotatable bonds is 3. The molecule has 0 saturated carbocycles. The summed E-state index contributed by atoms with van der Waals surface area (Å²) in [5.41, 5.74) is 4.07. The number of amides is 2. The second-order valence-corrected chi connectivity index (χ2v) is 6.95.